The lowest BCUT2D eigenvalue weighted by Crippen LogP contribution is -2.54. The summed E-state index contributed by atoms with van der Waals surface area (Å²) in [6.07, 6.45) is 3.88. The van der Waals surface area contributed by atoms with E-state index >= 15 is 0 Å². The molecule has 1 aromatic carbocycles. The molecule has 2 amide bonds. The van der Waals surface area contributed by atoms with Gasteiger partial charge in [-0.3, -0.25) is 9.59 Å². The highest BCUT2D eigenvalue weighted by atomic mass is 16.5. The number of amides is 2. The van der Waals surface area contributed by atoms with Crippen LogP contribution in [0.1, 0.15) is 38.2 Å². The second-order valence-corrected chi connectivity index (χ2v) is 7.21. The van der Waals surface area contributed by atoms with Crippen molar-refractivity contribution in [2.75, 3.05) is 26.2 Å². The third-order valence-corrected chi connectivity index (χ3v) is 5.26. The average molecular weight is 344 g/mol. The monoisotopic (exact) mass is 344 g/mol. The van der Waals surface area contributed by atoms with Crippen LogP contribution in [-0.4, -0.2) is 53.9 Å². The minimum absolute atomic E-state index is 0.00512. The van der Waals surface area contributed by atoms with Crippen LogP contribution in [0.5, 0.6) is 5.75 Å². The Morgan fingerprint density at radius 1 is 1.08 bits per heavy atom. The maximum Gasteiger partial charge on any atom is 0.263 e. The van der Waals surface area contributed by atoms with Crippen LogP contribution < -0.4 is 4.74 Å². The summed E-state index contributed by atoms with van der Waals surface area (Å²) in [4.78, 5) is 28.9. The van der Waals surface area contributed by atoms with Crippen LogP contribution in [0.2, 0.25) is 0 Å². The lowest BCUT2D eigenvalue weighted by Gasteiger charge is -2.37. The van der Waals surface area contributed by atoms with E-state index in [1.165, 1.54) is 12.8 Å². The van der Waals surface area contributed by atoms with E-state index in [9.17, 15) is 9.59 Å². The predicted octanol–water partition coefficient (Wildman–Crippen LogP) is 2.62. The van der Waals surface area contributed by atoms with Crippen LogP contribution in [0.15, 0.2) is 24.3 Å². The Morgan fingerprint density at radius 3 is 2.36 bits per heavy atom. The smallest absolute Gasteiger partial charge is 0.263 e. The molecule has 2 aliphatic rings. The summed E-state index contributed by atoms with van der Waals surface area (Å²) in [5, 5.41) is 0. The average Bonchev–Trinajstić information content (AvgIpc) is 3.15. The molecule has 1 heterocycles. The zero-order chi connectivity index (χ0) is 17.8. The molecule has 1 aromatic rings. The molecule has 1 saturated heterocycles. The number of hydrogen-bond acceptors (Lipinski definition) is 3. The largest absolute Gasteiger partial charge is 0.481 e. The van der Waals surface area contributed by atoms with Crippen LogP contribution in [0, 0.1) is 12.8 Å². The molecule has 2 fully saturated rings. The summed E-state index contributed by atoms with van der Waals surface area (Å²) in [7, 11) is 0. The first-order valence-corrected chi connectivity index (χ1v) is 9.35. The van der Waals surface area contributed by atoms with Crippen LogP contribution in [0.25, 0.3) is 0 Å². The van der Waals surface area contributed by atoms with Crippen molar-refractivity contribution in [1.82, 2.24) is 9.80 Å². The van der Waals surface area contributed by atoms with E-state index in [2.05, 4.69) is 0 Å². The van der Waals surface area contributed by atoms with Gasteiger partial charge in [0.1, 0.15) is 5.75 Å². The molecule has 0 N–H and O–H groups in total. The van der Waals surface area contributed by atoms with Crippen molar-refractivity contribution in [1.29, 1.82) is 0 Å². The standard InChI is InChI=1S/C20H28N2O3/c1-15-6-5-9-18(14-15)25-16(2)19(23)21-10-12-22(13-11-21)20(24)17-7-3-4-8-17/h5-6,9,14,16-17H,3-4,7-8,10-13H2,1-2H3. The van der Waals surface area contributed by atoms with E-state index in [1.807, 2.05) is 41.0 Å². The van der Waals surface area contributed by atoms with Gasteiger partial charge in [0.15, 0.2) is 6.10 Å². The lowest BCUT2D eigenvalue weighted by molar-refractivity contribution is -0.145. The molecule has 1 unspecified atom stereocenters. The molecule has 1 saturated carbocycles. The Kier molecular flexibility index (Phi) is 5.61. The SMILES string of the molecule is Cc1cccc(OC(C)C(=O)N2CCN(C(=O)C3CCCC3)CC2)c1. The second-order valence-electron chi connectivity index (χ2n) is 7.21. The minimum Gasteiger partial charge on any atom is -0.481 e. The summed E-state index contributed by atoms with van der Waals surface area (Å²) in [6.45, 7) is 6.26. The number of piperazine rings is 1. The lowest BCUT2D eigenvalue weighted by atomic mass is 10.1. The number of hydrogen-bond donors (Lipinski definition) is 0. The molecule has 3 rings (SSSR count). The molecule has 0 radical (unpaired) electrons. The fourth-order valence-electron chi connectivity index (χ4n) is 3.78. The summed E-state index contributed by atoms with van der Waals surface area (Å²) in [6, 6.07) is 7.73. The molecule has 136 valence electrons. The van der Waals surface area contributed by atoms with Gasteiger partial charge in [0.2, 0.25) is 5.91 Å². The van der Waals surface area contributed by atoms with Crippen LogP contribution in [0.3, 0.4) is 0 Å². The van der Waals surface area contributed by atoms with Crippen molar-refractivity contribution >= 4 is 11.8 Å². The van der Waals surface area contributed by atoms with E-state index in [1.54, 1.807) is 6.92 Å². The summed E-state index contributed by atoms with van der Waals surface area (Å²) in [5.74, 6) is 1.21. The van der Waals surface area contributed by atoms with E-state index in [4.69, 9.17) is 4.74 Å². The zero-order valence-corrected chi connectivity index (χ0v) is 15.2. The molecule has 1 atom stereocenters. The topological polar surface area (TPSA) is 49.9 Å². The molecule has 0 aromatic heterocycles. The summed E-state index contributed by atoms with van der Waals surface area (Å²) >= 11 is 0. The maximum absolute atomic E-state index is 12.6. The van der Waals surface area contributed by atoms with E-state index < -0.39 is 6.10 Å². The van der Waals surface area contributed by atoms with Crippen molar-refractivity contribution < 1.29 is 14.3 Å². The van der Waals surface area contributed by atoms with E-state index in [0.717, 1.165) is 24.2 Å². The van der Waals surface area contributed by atoms with Gasteiger partial charge in [-0.25, -0.2) is 0 Å². The van der Waals surface area contributed by atoms with Gasteiger partial charge < -0.3 is 14.5 Å². The number of benzene rings is 1. The van der Waals surface area contributed by atoms with Gasteiger partial charge in [0.25, 0.3) is 5.91 Å². The molecule has 5 heteroatoms. The van der Waals surface area contributed by atoms with Gasteiger partial charge in [0.05, 0.1) is 0 Å². The number of rotatable bonds is 4. The zero-order valence-electron chi connectivity index (χ0n) is 15.2. The highest BCUT2D eigenvalue weighted by molar-refractivity contribution is 5.82. The number of carbonyl (C=O) groups excluding carboxylic acids is 2. The number of aryl methyl sites for hydroxylation is 1. The van der Waals surface area contributed by atoms with E-state index in [-0.39, 0.29) is 17.7 Å². The number of ether oxygens (including phenoxy) is 1. The third-order valence-electron chi connectivity index (χ3n) is 5.26. The van der Waals surface area contributed by atoms with Gasteiger partial charge in [-0.15, -0.1) is 0 Å². The fraction of sp³-hybridized carbons (Fsp3) is 0.600. The fourth-order valence-corrected chi connectivity index (χ4v) is 3.78. The van der Waals surface area contributed by atoms with Crippen molar-refractivity contribution in [3.05, 3.63) is 29.8 Å². The highest BCUT2D eigenvalue weighted by Crippen LogP contribution is 2.27. The maximum atomic E-state index is 12.6. The predicted molar refractivity (Wildman–Crippen MR) is 96.4 cm³/mol. The summed E-state index contributed by atoms with van der Waals surface area (Å²) < 4.78 is 5.79. The Hall–Kier alpha value is -2.04. The van der Waals surface area contributed by atoms with Crippen molar-refractivity contribution in [2.24, 2.45) is 5.92 Å². The molecule has 25 heavy (non-hydrogen) atoms. The first kappa shape index (κ1) is 17.8. The molecular weight excluding hydrogens is 316 g/mol. The van der Waals surface area contributed by atoms with Gasteiger partial charge >= 0.3 is 0 Å². The molecular formula is C20H28N2O3. The van der Waals surface area contributed by atoms with Crippen molar-refractivity contribution in [2.45, 2.75) is 45.6 Å². The Bertz CT molecular complexity index is 617. The van der Waals surface area contributed by atoms with Crippen molar-refractivity contribution in [3.63, 3.8) is 0 Å². The van der Waals surface area contributed by atoms with Crippen LogP contribution in [-0.2, 0) is 9.59 Å². The Morgan fingerprint density at radius 2 is 1.72 bits per heavy atom. The number of nitrogens with zero attached hydrogens (tertiary/aromatic N) is 2. The van der Waals surface area contributed by atoms with Crippen LogP contribution >= 0.6 is 0 Å². The Labute approximate surface area is 149 Å². The number of carbonyl (C=O) groups is 2. The highest BCUT2D eigenvalue weighted by Gasteiger charge is 2.31. The van der Waals surface area contributed by atoms with Gasteiger partial charge in [0, 0.05) is 32.1 Å². The van der Waals surface area contributed by atoms with E-state index in [0.29, 0.717) is 26.2 Å². The molecule has 1 aliphatic heterocycles. The quantitative estimate of drug-likeness (QED) is 0.844. The minimum atomic E-state index is -0.515. The van der Waals surface area contributed by atoms with Gasteiger partial charge in [-0.2, -0.15) is 0 Å². The third kappa shape index (κ3) is 4.33. The van der Waals surface area contributed by atoms with Gasteiger partial charge in [-0.05, 0) is 44.4 Å². The summed E-state index contributed by atoms with van der Waals surface area (Å²) in [5.41, 5.74) is 1.11. The van der Waals surface area contributed by atoms with Crippen LogP contribution in [0.4, 0.5) is 0 Å². The molecule has 0 bridgehead atoms. The first-order valence-electron chi connectivity index (χ1n) is 9.35. The molecule has 0 spiro atoms. The van der Waals surface area contributed by atoms with Gasteiger partial charge in [-0.1, -0.05) is 25.0 Å². The normalized spacial score (nSPS) is 19.8. The molecule has 5 nitrogen and oxygen atoms in total. The second kappa shape index (κ2) is 7.89. The van der Waals surface area contributed by atoms with Crippen molar-refractivity contribution in [3.8, 4) is 5.75 Å². The Balaban J connectivity index is 1.49. The molecule has 1 aliphatic carbocycles. The first-order chi connectivity index (χ1) is 12.0.